The Morgan fingerprint density at radius 3 is 2.26 bits per heavy atom. The number of carbonyl (C=O) groups excluding carboxylic acids is 2. The van der Waals surface area contributed by atoms with Crippen LogP contribution in [0, 0.1) is 23.2 Å². The van der Waals surface area contributed by atoms with E-state index in [1.807, 2.05) is 12.1 Å². The van der Waals surface area contributed by atoms with E-state index in [-0.39, 0.29) is 12.5 Å². The van der Waals surface area contributed by atoms with Crippen molar-refractivity contribution in [3.63, 3.8) is 0 Å². The van der Waals surface area contributed by atoms with E-state index in [0.29, 0.717) is 33.6 Å². The number of benzene rings is 3. The van der Waals surface area contributed by atoms with Crippen LogP contribution in [0.15, 0.2) is 66.7 Å². The molecule has 0 bridgehead atoms. The number of nitriles is 1. The van der Waals surface area contributed by atoms with Crippen LogP contribution in [-0.2, 0) is 4.74 Å². The molecule has 0 fully saturated rings. The molecule has 0 saturated carbocycles. The molecular weight excluding hydrogens is 438 g/mol. The molecule has 0 radical (unpaired) electrons. The van der Waals surface area contributed by atoms with Gasteiger partial charge in [-0.3, -0.25) is 4.79 Å². The summed E-state index contributed by atoms with van der Waals surface area (Å²) in [5.41, 5.74) is 3.78. The van der Waals surface area contributed by atoms with Crippen molar-refractivity contribution in [2.75, 3.05) is 23.8 Å². The molecular formula is C29H27N3O3. The number of unbranched alkanes of at least 4 members (excludes halogenated alkanes) is 1. The van der Waals surface area contributed by atoms with Gasteiger partial charge in [0, 0.05) is 23.4 Å². The number of hydrogen-bond donors (Lipinski definition) is 2. The van der Waals surface area contributed by atoms with Crippen molar-refractivity contribution < 1.29 is 14.3 Å². The smallest absolute Gasteiger partial charge is 0.340 e. The standard InChI is InChI=1S/C29H27N3O3/c1-3-5-18-31-26-17-16-22(13-10-21-11-14-23(20-30)15-12-21)19-25(26)28(33)32-27-9-7-6-8-24(27)29(34)35-4-2/h6-9,11-12,14-17,19,31H,3-5,18H2,1-2H3,(H,32,33). The number of para-hydroxylation sites is 1. The van der Waals surface area contributed by atoms with Crippen LogP contribution in [0.2, 0.25) is 0 Å². The van der Waals surface area contributed by atoms with E-state index in [1.54, 1.807) is 61.5 Å². The van der Waals surface area contributed by atoms with Gasteiger partial charge in [0.1, 0.15) is 0 Å². The van der Waals surface area contributed by atoms with Crippen LogP contribution < -0.4 is 10.6 Å². The van der Waals surface area contributed by atoms with Crippen LogP contribution in [-0.4, -0.2) is 25.0 Å². The molecule has 0 heterocycles. The first-order valence-corrected chi connectivity index (χ1v) is 11.5. The molecule has 0 aliphatic carbocycles. The summed E-state index contributed by atoms with van der Waals surface area (Å²) in [6.45, 7) is 4.81. The van der Waals surface area contributed by atoms with Gasteiger partial charge in [0.25, 0.3) is 5.91 Å². The largest absolute Gasteiger partial charge is 0.462 e. The predicted molar refractivity (Wildman–Crippen MR) is 137 cm³/mol. The highest BCUT2D eigenvalue weighted by molar-refractivity contribution is 6.10. The van der Waals surface area contributed by atoms with Gasteiger partial charge < -0.3 is 15.4 Å². The summed E-state index contributed by atoms with van der Waals surface area (Å²) < 4.78 is 5.11. The maximum Gasteiger partial charge on any atom is 0.340 e. The Labute approximate surface area is 205 Å². The van der Waals surface area contributed by atoms with Crippen LogP contribution in [0.4, 0.5) is 11.4 Å². The molecule has 3 aromatic rings. The Balaban J connectivity index is 1.91. The summed E-state index contributed by atoms with van der Waals surface area (Å²) in [4.78, 5) is 25.6. The zero-order valence-corrected chi connectivity index (χ0v) is 19.9. The SMILES string of the molecule is CCCCNc1ccc(C#Cc2ccc(C#N)cc2)cc1C(=O)Nc1ccccc1C(=O)OCC. The minimum absolute atomic E-state index is 0.243. The molecule has 0 aliphatic rings. The third-order valence-electron chi connectivity index (χ3n) is 5.15. The number of amides is 1. The van der Waals surface area contributed by atoms with Crippen LogP contribution in [0.25, 0.3) is 0 Å². The molecule has 3 aromatic carbocycles. The van der Waals surface area contributed by atoms with Crippen molar-refractivity contribution in [3.8, 4) is 17.9 Å². The lowest BCUT2D eigenvalue weighted by molar-refractivity contribution is 0.0527. The van der Waals surface area contributed by atoms with Gasteiger partial charge in [-0.1, -0.05) is 37.3 Å². The first-order valence-electron chi connectivity index (χ1n) is 11.5. The summed E-state index contributed by atoms with van der Waals surface area (Å²) in [7, 11) is 0. The van der Waals surface area contributed by atoms with E-state index < -0.39 is 5.97 Å². The van der Waals surface area contributed by atoms with E-state index in [4.69, 9.17) is 10.00 Å². The molecule has 6 nitrogen and oxygen atoms in total. The minimum atomic E-state index is -0.494. The molecule has 0 aliphatic heterocycles. The third kappa shape index (κ3) is 6.96. The second-order valence-electron chi connectivity index (χ2n) is 7.70. The van der Waals surface area contributed by atoms with Gasteiger partial charge in [0.15, 0.2) is 0 Å². The number of nitrogens with one attached hydrogen (secondary N) is 2. The molecule has 0 unspecified atom stereocenters. The lowest BCUT2D eigenvalue weighted by Crippen LogP contribution is -2.18. The molecule has 0 saturated heterocycles. The molecule has 2 N–H and O–H groups in total. The number of rotatable bonds is 8. The van der Waals surface area contributed by atoms with E-state index in [9.17, 15) is 9.59 Å². The highest BCUT2D eigenvalue weighted by atomic mass is 16.5. The van der Waals surface area contributed by atoms with E-state index in [1.165, 1.54) is 0 Å². The molecule has 35 heavy (non-hydrogen) atoms. The molecule has 0 atom stereocenters. The number of nitrogens with zero attached hydrogens (tertiary/aromatic N) is 1. The topological polar surface area (TPSA) is 91.2 Å². The maximum absolute atomic E-state index is 13.3. The van der Waals surface area contributed by atoms with Gasteiger partial charge in [-0.2, -0.15) is 5.26 Å². The van der Waals surface area contributed by atoms with Crippen molar-refractivity contribution in [2.24, 2.45) is 0 Å². The molecule has 176 valence electrons. The summed E-state index contributed by atoms with van der Waals surface area (Å²) in [5, 5.41) is 15.1. The fraction of sp³-hybridized carbons (Fsp3) is 0.207. The molecule has 0 spiro atoms. The number of hydrogen-bond acceptors (Lipinski definition) is 5. The Morgan fingerprint density at radius 2 is 1.54 bits per heavy atom. The molecule has 6 heteroatoms. The van der Waals surface area contributed by atoms with E-state index in [2.05, 4.69) is 35.5 Å². The predicted octanol–water partition coefficient (Wildman–Crippen LogP) is 5.60. The first kappa shape index (κ1) is 25.1. The number of ether oxygens (including phenoxy) is 1. The highest BCUT2D eigenvalue weighted by Crippen LogP contribution is 2.22. The molecule has 3 rings (SSSR count). The molecule has 0 aromatic heterocycles. The van der Waals surface area contributed by atoms with Crippen molar-refractivity contribution in [1.29, 1.82) is 5.26 Å². The highest BCUT2D eigenvalue weighted by Gasteiger charge is 2.17. The maximum atomic E-state index is 13.3. The quantitative estimate of drug-likeness (QED) is 0.257. The average molecular weight is 466 g/mol. The summed E-state index contributed by atoms with van der Waals surface area (Å²) in [6, 6.07) is 21.3. The van der Waals surface area contributed by atoms with Gasteiger partial charge in [-0.25, -0.2) is 4.79 Å². The van der Waals surface area contributed by atoms with Crippen molar-refractivity contribution in [2.45, 2.75) is 26.7 Å². The Bertz CT molecular complexity index is 1300. The Kier molecular flexibility index (Phi) is 9.05. The van der Waals surface area contributed by atoms with Crippen LogP contribution in [0.5, 0.6) is 0 Å². The average Bonchev–Trinajstić information content (AvgIpc) is 2.88. The number of anilines is 2. The van der Waals surface area contributed by atoms with Crippen LogP contribution >= 0.6 is 0 Å². The monoisotopic (exact) mass is 465 g/mol. The molecule has 1 amide bonds. The van der Waals surface area contributed by atoms with Gasteiger partial charge >= 0.3 is 5.97 Å². The van der Waals surface area contributed by atoms with Crippen molar-refractivity contribution in [3.05, 3.63) is 94.5 Å². The Hall–Kier alpha value is -4.55. The number of carbonyl (C=O) groups is 2. The van der Waals surface area contributed by atoms with Crippen molar-refractivity contribution in [1.82, 2.24) is 0 Å². The fourth-order valence-corrected chi connectivity index (χ4v) is 3.30. The zero-order chi connectivity index (χ0) is 25.0. The number of esters is 1. The van der Waals surface area contributed by atoms with Crippen molar-refractivity contribution >= 4 is 23.3 Å². The van der Waals surface area contributed by atoms with Gasteiger partial charge in [-0.15, -0.1) is 0 Å². The zero-order valence-electron chi connectivity index (χ0n) is 19.9. The second-order valence-corrected chi connectivity index (χ2v) is 7.70. The summed E-state index contributed by atoms with van der Waals surface area (Å²) in [6.07, 6.45) is 1.99. The third-order valence-corrected chi connectivity index (χ3v) is 5.15. The van der Waals surface area contributed by atoms with E-state index >= 15 is 0 Å². The summed E-state index contributed by atoms with van der Waals surface area (Å²) >= 11 is 0. The summed E-state index contributed by atoms with van der Waals surface area (Å²) in [5.74, 6) is 5.30. The fourth-order valence-electron chi connectivity index (χ4n) is 3.30. The van der Waals surface area contributed by atoms with Gasteiger partial charge in [-0.05, 0) is 67.9 Å². The Morgan fingerprint density at radius 1 is 0.857 bits per heavy atom. The van der Waals surface area contributed by atoms with Gasteiger partial charge in [0.2, 0.25) is 0 Å². The normalized spacial score (nSPS) is 9.86. The second kappa shape index (κ2) is 12.6. The van der Waals surface area contributed by atoms with Gasteiger partial charge in [0.05, 0.1) is 35.1 Å². The minimum Gasteiger partial charge on any atom is -0.462 e. The lowest BCUT2D eigenvalue weighted by Gasteiger charge is -2.14. The first-order chi connectivity index (χ1) is 17.0. The van der Waals surface area contributed by atoms with E-state index in [0.717, 1.165) is 24.9 Å². The van der Waals surface area contributed by atoms with Crippen LogP contribution in [0.3, 0.4) is 0 Å². The van der Waals surface area contributed by atoms with Crippen LogP contribution in [0.1, 0.15) is 64.1 Å². The lowest BCUT2D eigenvalue weighted by atomic mass is 10.1.